The first-order valence-corrected chi connectivity index (χ1v) is 15.4. The van der Waals surface area contributed by atoms with Crippen LogP contribution >= 0.6 is 11.6 Å². The van der Waals surface area contributed by atoms with Gasteiger partial charge in [0.25, 0.3) is 0 Å². The van der Waals surface area contributed by atoms with Gasteiger partial charge in [-0.15, -0.1) is 0 Å². The molecule has 1 aliphatic carbocycles. The van der Waals surface area contributed by atoms with Gasteiger partial charge in [0.1, 0.15) is 5.75 Å². The third kappa shape index (κ3) is 8.08. The van der Waals surface area contributed by atoms with Gasteiger partial charge in [-0.1, -0.05) is 54.1 Å². The fourth-order valence-corrected chi connectivity index (χ4v) is 6.88. The second-order valence-corrected chi connectivity index (χ2v) is 13.8. The highest BCUT2D eigenvalue weighted by Crippen LogP contribution is 2.33. The van der Waals surface area contributed by atoms with E-state index in [4.69, 9.17) is 21.4 Å². The molecular formula is C31H37ClN2O6S. The largest absolute Gasteiger partial charge is 0.480 e. The number of nitrogens with one attached hydrogen (secondary N) is 1. The van der Waals surface area contributed by atoms with Crippen LogP contribution in [0.25, 0.3) is 11.1 Å². The monoisotopic (exact) mass is 600 g/mol. The van der Waals surface area contributed by atoms with E-state index in [1.54, 1.807) is 36.4 Å². The number of halogens is 1. The van der Waals surface area contributed by atoms with Crippen molar-refractivity contribution < 1.29 is 28.2 Å². The second-order valence-electron chi connectivity index (χ2n) is 11.3. The first kappa shape index (κ1) is 31.0. The zero-order valence-corrected chi connectivity index (χ0v) is 25.1. The van der Waals surface area contributed by atoms with E-state index < -0.39 is 28.7 Å². The molecule has 0 aromatic heterocycles. The number of hydrogen-bond acceptors (Lipinski definition) is 6. The van der Waals surface area contributed by atoms with Crippen LogP contribution in [-0.2, 0) is 27.7 Å². The van der Waals surface area contributed by atoms with Crippen molar-refractivity contribution in [2.75, 3.05) is 26.7 Å². The topological polar surface area (TPSA) is 116 Å². The SMILES string of the molecule is CN(CC(O)CNC(C)(C)CC1Cc2ccccc2C1)S(=O)(=O)c1cccc(-c2ccc(OCC(=O)O)c(Cl)c2)c1. The maximum absolute atomic E-state index is 13.4. The van der Waals surface area contributed by atoms with Crippen LogP contribution in [0.4, 0.5) is 0 Å². The second kappa shape index (κ2) is 12.9. The summed E-state index contributed by atoms with van der Waals surface area (Å²) < 4.78 is 33.0. The molecule has 1 unspecified atom stereocenters. The molecule has 0 amide bonds. The van der Waals surface area contributed by atoms with Crippen LogP contribution in [0.5, 0.6) is 5.75 Å². The first-order valence-electron chi connectivity index (χ1n) is 13.5. The van der Waals surface area contributed by atoms with E-state index in [-0.39, 0.29) is 34.3 Å². The van der Waals surface area contributed by atoms with E-state index in [2.05, 4.69) is 43.4 Å². The molecule has 0 saturated carbocycles. The number of rotatable bonds is 13. The summed E-state index contributed by atoms with van der Waals surface area (Å²) in [6.45, 7) is 3.91. The van der Waals surface area contributed by atoms with E-state index >= 15 is 0 Å². The summed E-state index contributed by atoms with van der Waals surface area (Å²) in [5.74, 6) is -0.363. The minimum absolute atomic E-state index is 0.0635. The summed E-state index contributed by atoms with van der Waals surface area (Å²) in [6.07, 6.45) is 2.17. The maximum atomic E-state index is 13.4. The Hall–Kier alpha value is -2.95. The van der Waals surface area contributed by atoms with Gasteiger partial charge in [0.2, 0.25) is 10.0 Å². The van der Waals surface area contributed by atoms with Crippen molar-refractivity contribution in [3.63, 3.8) is 0 Å². The summed E-state index contributed by atoms with van der Waals surface area (Å²) in [5.41, 5.74) is 3.87. The standard InChI is InChI=1S/C31H37ClN2O6S/c1-31(2,17-21-13-22-7-4-5-8-23(22)14-21)33-18-26(35)19-34(3)41(38,39)27-10-6-9-24(15-27)25-11-12-29(28(32)16-25)40-20-30(36)37/h4-12,15-16,21,26,33,35H,13-14,17-20H2,1-3H3,(H,36,37). The number of aliphatic carboxylic acids is 1. The predicted molar refractivity (Wildman–Crippen MR) is 160 cm³/mol. The molecule has 0 saturated heterocycles. The molecule has 1 atom stereocenters. The third-order valence-corrected chi connectivity index (χ3v) is 9.49. The Kier molecular flexibility index (Phi) is 9.77. The van der Waals surface area contributed by atoms with Crippen molar-refractivity contribution in [1.29, 1.82) is 0 Å². The number of β-amino-alcohol motifs (C(OH)–C–C–N with tert-alkyl or cyclic N) is 1. The van der Waals surface area contributed by atoms with E-state index in [0.29, 0.717) is 17.0 Å². The molecule has 0 radical (unpaired) electrons. The number of benzene rings is 3. The zero-order valence-electron chi connectivity index (χ0n) is 23.5. The fraction of sp³-hybridized carbons (Fsp3) is 0.387. The Morgan fingerprint density at radius 3 is 2.37 bits per heavy atom. The van der Waals surface area contributed by atoms with Gasteiger partial charge in [-0.3, -0.25) is 0 Å². The molecule has 3 aromatic rings. The Labute approximate surface area is 247 Å². The highest BCUT2D eigenvalue weighted by Gasteiger charge is 2.29. The molecule has 0 bridgehead atoms. The molecule has 0 aliphatic heterocycles. The molecule has 8 nitrogen and oxygen atoms in total. The van der Waals surface area contributed by atoms with Gasteiger partial charge in [-0.25, -0.2) is 13.2 Å². The summed E-state index contributed by atoms with van der Waals surface area (Å²) in [7, 11) is -2.43. The predicted octanol–water partition coefficient (Wildman–Crippen LogP) is 4.63. The van der Waals surface area contributed by atoms with Crippen LogP contribution in [-0.4, -0.2) is 67.3 Å². The van der Waals surface area contributed by atoms with Crippen LogP contribution in [0.1, 0.15) is 31.4 Å². The Bertz CT molecular complexity index is 1470. The minimum Gasteiger partial charge on any atom is -0.480 e. The highest BCUT2D eigenvalue weighted by atomic mass is 35.5. The molecule has 0 fully saturated rings. The number of carbonyl (C=O) groups is 1. The van der Waals surface area contributed by atoms with Gasteiger partial charge in [-0.2, -0.15) is 4.31 Å². The van der Waals surface area contributed by atoms with Crippen molar-refractivity contribution in [3.05, 3.63) is 82.9 Å². The number of likely N-dealkylation sites (N-methyl/N-ethyl adjacent to an activating group) is 1. The van der Waals surface area contributed by atoms with Crippen LogP contribution < -0.4 is 10.1 Å². The maximum Gasteiger partial charge on any atom is 0.341 e. The molecule has 41 heavy (non-hydrogen) atoms. The van der Waals surface area contributed by atoms with Crippen molar-refractivity contribution >= 4 is 27.6 Å². The first-order chi connectivity index (χ1) is 19.3. The number of aliphatic hydroxyl groups excluding tert-OH is 1. The number of ether oxygens (including phenoxy) is 1. The Morgan fingerprint density at radius 1 is 1.07 bits per heavy atom. The minimum atomic E-state index is -3.88. The molecule has 220 valence electrons. The number of carboxylic acids is 1. The number of aliphatic hydroxyl groups is 1. The molecule has 1 aliphatic rings. The molecule has 3 N–H and O–H groups in total. The third-order valence-electron chi connectivity index (χ3n) is 7.38. The molecular weight excluding hydrogens is 564 g/mol. The smallest absolute Gasteiger partial charge is 0.341 e. The normalized spacial score (nSPS) is 14.7. The van der Waals surface area contributed by atoms with Crippen LogP contribution in [0.15, 0.2) is 71.6 Å². The van der Waals surface area contributed by atoms with E-state index in [1.807, 2.05) is 0 Å². The highest BCUT2D eigenvalue weighted by molar-refractivity contribution is 7.89. The zero-order chi connectivity index (χ0) is 29.8. The van der Waals surface area contributed by atoms with Gasteiger partial charge in [-0.05, 0) is 85.5 Å². The van der Waals surface area contributed by atoms with Crippen LogP contribution in [0, 0.1) is 5.92 Å². The fourth-order valence-electron chi connectivity index (χ4n) is 5.39. The van der Waals surface area contributed by atoms with Crippen molar-refractivity contribution in [3.8, 4) is 16.9 Å². The van der Waals surface area contributed by atoms with Gasteiger partial charge >= 0.3 is 5.97 Å². The Morgan fingerprint density at radius 2 is 1.73 bits per heavy atom. The van der Waals surface area contributed by atoms with Gasteiger partial charge in [0, 0.05) is 25.7 Å². The number of carboxylic acid groups (broad SMARTS) is 1. The van der Waals surface area contributed by atoms with Crippen LogP contribution in [0.2, 0.25) is 5.02 Å². The quantitative estimate of drug-likeness (QED) is 0.262. The summed E-state index contributed by atoms with van der Waals surface area (Å²) in [5, 5.41) is 23.2. The Balaban J connectivity index is 1.34. The molecule has 0 heterocycles. The summed E-state index contributed by atoms with van der Waals surface area (Å²) >= 11 is 6.25. The number of fused-ring (bicyclic) bond motifs is 1. The molecule has 0 spiro atoms. The summed E-state index contributed by atoms with van der Waals surface area (Å²) in [4.78, 5) is 10.8. The number of hydrogen-bond donors (Lipinski definition) is 3. The van der Waals surface area contributed by atoms with Gasteiger partial charge in [0.15, 0.2) is 6.61 Å². The van der Waals surface area contributed by atoms with Crippen molar-refractivity contribution in [2.24, 2.45) is 5.92 Å². The average Bonchev–Trinajstić information content (AvgIpc) is 3.32. The lowest BCUT2D eigenvalue weighted by Crippen LogP contribution is -2.47. The summed E-state index contributed by atoms with van der Waals surface area (Å²) in [6, 6.07) is 19.8. The molecule has 3 aromatic carbocycles. The number of nitrogens with zero attached hydrogens (tertiary/aromatic N) is 1. The molecule has 4 rings (SSSR count). The van der Waals surface area contributed by atoms with Gasteiger partial charge in [0.05, 0.1) is 16.0 Å². The van der Waals surface area contributed by atoms with Gasteiger partial charge < -0.3 is 20.3 Å². The lowest BCUT2D eigenvalue weighted by atomic mass is 9.88. The van der Waals surface area contributed by atoms with Crippen molar-refractivity contribution in [1.82, 2.24) is 9.62 Å². The van der Waals surface area contributed by atoms with E-state index in [9.17, 15) is 18.3 Å². The molecule has 10 heteroatoms. The van der Waals surface area contributed by atoms with Crippen molar-refractivity contribution in [2.45, 2.75) is 49.6 Å². The van der Waals surface area contributed by atoms with E-state index in [0.717, 1.165) is 23.6 Å². The van der Waals surface area contributed by atoms with E-state index in [1.165, 1.54) is 24.2 Å². The lowest BCUT2D eigenvalue weighted by molar-refractivity contribution is -0.139. The average molecular weight is 601 g/mol. The van der Waals surface area contributed by atoms with Crippen LogP contribution in [0.3, 0.4) is 0 Å². The lowest BCUT2D eigenvalue weighted by Gasteiger charge is -2.31. The number of sulfonamides is 1.